The van der Waals surface area contributed by atoms with Crippen molar-refractivity contribution in [3.8, 4) is 0 Å². The summed E-state index contributed by atoms with van der Waals surface area (Å²) in [5.41, 5.74) is 1.36. The molecule has 1 rings (SSSR count). The van der Waals surface area contributed by atoms with E-state index in [0.717, 1.165) is 24.8 Å². The molecule has 20 heavy (non-hydrogen) atoms. The van der Waals surface area contributed by atoms with E-state index in [-0.39, 0.29) is 0 Å². The third kappa shape index (κ3) is 7.10. The summed E-state index contributed by atoms with van der Waals surface area (Å²) in [5.74, 6) is -0.887. The Labute approximate surface area is 121 Å². The SMILES string of the molecule is O=C(O)c1ccc(/C=C/CCCCCCCCO)cc1. The molecule has 0 fully saturated rings. The van der Waals surface area contributed by atoms with Crippen LogP contribution < -0.4 is 0 Å². The summed E-state index contributed by atoms with van der Waals surface area (Å²) in [6, 6.07) is 6.91. The van der Waals surface area contributed by atoms with Crippen LogP contribution in [0.5, 0.6) is 0 Å². The topological polar surface area (TPSA) is 57.5 Å². The van der Waals surface area contributed by atoms with E-state index >= 15 is 0 Å². The second-order valence-corrected chi connectivity index (χ2v) is 4.96. The first-order chi connectivity index (χ1) is 9.74. The van der Waals surface area contributed by atoms with Crippen molar-refractivity contribution in [2.45, 2.75) is 44.9 Å². The van der Waals surface area contributed by atoms with Gasteiger partial charge in [0.1, 0.15) is 0 Å². The fourth-order valence-electron chi connectivity index (χ4n) is 2.04. The summed E-state index contributed by atoms with van der Waals surface area (Å²) < 4.78 is 0. The number of hydrogen-bond acceptors (Lipinski definition) is 2. The van der Waals surface area contributed by atoms with Gasteiger partial charge in [-0.3, -0.25) is 0 Å². The maximum atomic E-state index is 10.7. The molecule has 110 valence electrons. The minimum Gasteiger partial charge on any atom is -0.478 e. The molecule has 0 bridgehead atoms. The van der Waals surface area contributed by atoms with Crippen LogP contribution in [0.2, 0.25) is 0 Å². The van der Waals surface area contributed by atoms with Gasteiger partial charge in [0.05, 0.1) is 5.56 Å². The maximum absolute atomic E-state index is 10.7. The average molecular weight is 276 g/mol. The number of aliphatic hydroxyl groups excluding tert-OH is 1. The highest BCUT2D eigenvalue weighted by atomic mass is 16.4. The summed E-state index contributed by atoms with van der Waals surface area (Å²) in [7, 11) is 0. The van der Waals surface area contributed by atoms with Gasteiger partial charge in [0.2, 0.25) is 0 Å². The van der Waals surface area contributed by atoms with Crippen LogP contribution in [-0.4, -0.2) is 22.8 Å². The Morgan fingerprint density at radius 3 is 2.15 bits per heavy atom. The van der Waals surface area contributed by atoms with Crippen molar-refractivity contribution in [1.29, 1.82) is 0 Å². The third-order valence-electron chi connectivity index (χ3n) is 3.25. The second kappa shape index (κ2) is 10.2. The van der Waals surface area contributed by atoms with Crippen LogP contribution >= 0.6 is 0 Å². The molecule has 1 aromatic rings. The molecule has 0 aliphatic heterocycles. The molecule has 0 amide bonds. The summed E-state index contributed by atoms with van der Waals surface area (Å²) in [6.07, 6.45) is 12.1. The van der Waals surface area contributed by atoms with E-state index in [1.54, 1.807) is 12.1 Å². The van der Waals surface area contributed by atoms with E-state index in [0.29, 0.717) is 12.2 Å². The number of carbonyl (C=O) groups is 1. The van der Waals surface area contributed by atoms with Crippen LogP contribution in [0.3, 0.4) is 0 Å². The molecular weight excluding hydrogens is 252 g/mol. The first-order valence-corrected chi connectivity index (χ1v) is 7.35. The highest BCUT2D eigenvalue weighted by molar-refractivity contribution is 5.87. The van der Waals surface area contributed by atoms with Gasteiger partial charge in [-0.25, -0.2) is 4.79 Å². The van der Waals surface area contributed by atoms with Crippen LogP contribution in [-0.2, 0) is 0 Å². The van der Waals surface area contributed by atoms with Gasteiger partial charge in [-0.15, -0.1) is 0 Å². The zero-order valence-corrected chi connectivity index (χ0v) is 11.9. The molecule has 1 aromatic carbocycles. The molecule has 3 heteroatoms. The standard InChI is InChI=1S/C17H24O3/c18-14-8-6-4-2-1-3-5-7-9-15-10-12-16(13-11-15)17(19)20/h7,9-13,18H,1-6,8,14H2,(H,19,20)/b9-7+. The van der Waals surface area contributed by atoms with Gasteiger partial charge in [0, 0.05) is 6.61 Å². The highest BCUT2D eigenvalue weighted by Crippen LogP contribution is 2.10. The number of carboxylic acid groups (broad SMARTS) is 1. The lowest BCUT2D eigenvalue weighted by Crippen LogP contribution is -1.94. The summed E-state index contributed by atoms with van der Waals surface area (Å²) in [6.45, 7) is 0.309. The predicted octanol–water partition coefficient (Wildman–Crippen LogP) is 4.12. The normalized spacial score (nSPS) is 11.1. The monoisotopic (exact) mass is 276 g/mol. The van der Waals surface area contributed by atoms with Crippen molar-refractivity contribution < 1.29 is 15.0 Å². The van der Waals surface area contributed by atoms with E-state index in [2.05, 4.69) is 6.08 Å². The Kier molecular flexibility index (Phi) is 8.40. The average Bonchev–Trinajstić information content (AvgIpc) is 2.46. The van der Waals surface area contributed by atoms with Gasteiger partial charge >= 0.3 is 5.97 Å². The molecular formula is C17H24O3. The maximum Gasteiger partial charge on any atom is 0.335 e. The quantitative estimate of drug-likeness (QED) is 0.632. The van der Waals surface area contributed by atoms with Crippen molar-refractivity contribution in [3.05, 3.63) is 41.5 Å². The molecule has 0 aliphatic rings. The minimum atomic E-state index is -0.887. The molecule has 0 aliphatic carbocycles. The van der Waals surface area contributed by atoms with Crippen molar-refractivity contribution in [3.63, 3.8) is 0 Å². The first-order valence-electron chi connectivity index (χ1n) is 7.35. The first kappa shape index (κ1) is 16.4. The lowest BCUT2D eigenvalue weighted by atomic mass is 10.1. The van der Waals surface area contributed by atoms with Crippen LogP contribution in [0.1, 0.15) is 60.9 Å². The van der Waals surface area contributed by atoms with Gasteiger partial charge in [0.25, 0.3) is 0 Å². The molecule has 0 saturated carbocycles. The van der Waals surface area contributed by atoms with Crippen LogP contribution in [0.15, 0.2) is 30.3 Å². The second-order valence-electron chi connectivity index (χ2n) is 4.96. The summed E-state index contributed by atoms with van der Waals surface area (Å²) in [5, 5.41) is 17.4. The van der Waals surface area contributed by atoms with Gasteiger partial charge < -0.3 is 10.2 Å². The van der Waals surface area contributed by atoms with E-state index in [1.165, 1.54) is 25.7 Å². The van der Waals surface area contributed by atoms with Crippen molar-refractivity contribution in [1.82, 2.24) is 0 Å². The molecule has 0 unspecified atom stereocenters. The fraction of sp³-hybridized carbons (Fsp3) is 0.471. The van der Waals surface area contributed by atoms with E-state index in [1.807, 2.05) is 18.2 Å². The lowest BCUT2D eigenvalue weighted by molar-refractivity contribution is 0.0697. The van der Waals surface area contributed by atoms with Crippen LogP contribution in [0.4, 0.5) is 0 Å². The van der Waals surface area contributed by atoms with Gasteiger partial charge in [-0.2, -0.15) is 0 Å². The highest BCUT2D eigenvalue weighted by Gasteiger charge is 1.99. The van der Waals surface area contributed by atoms with Crippen molar-refractivity contribution in [2.75, 3.05) is 6.61 Å². The zero-order chi connectivity index (χ0) is 14.6. The number of benzene rings is 1. The number of aliphatic hydroxyl groups is 1. The number of hydrogen-bond donors (Lipinski definition) is 2. The largest absolute Gasteiger partial charge is 0.478 e. The van der Waals surface area contributed by atoms with Gasteiger partial charge in [-0.1, -0.05) is 50.0 Å². The molecule has 0 saturated heterocycles. The third-order valence-corrected chi connectivity index (χ3v) is 3.25. The molecule has 0 heterocycles. The molecule has 2 N–H and O–H groups in total. The zero-order valence-electron chi connectivity index (χ0n) is 11.9. The van der Waals surface area contributed by atoms with Gasteiger partial charge in [-0.05, 0) is 37.0 Å². The number of rotatable bonds is 10. The Morgan fingerprint density at radius 1 is 0.950 bits per heavy atom. The predicted molar refractivity (Wildman–Crippen MR) is 81.8 cm³/mol. The molecule has 3 nitrogen and oxygen atoms in total. The summed E-state index contributed by atoms with van der Waals surface area (Å²) in [4.78, 5) is 10.7. The number of carboxylic acids is 1. The Morgan fingerprint density at radius 2 is 1.55 bits per heavy atom. The molecule has 0 aromatic heterocycles. The fourth-order valence-corrected chi connectivity index (χ4v) is 2.04. The number of unbranched alkanes of at least 4 members (excludes halogenated alkanes) is 6. The van der Waals surface area contributed by atoms with E-state index in [4.69, 9.17) is 10.2 Å². The van der Waals surface area contributed by atoms with Crippen molar-refractivity contribution >= 4 is 12.0 Å². The molecule has 0 radical (unpaired) electrons. The smallest absolute Gasteiger partial charge is 0.335 e. The molecule has 0 spiro atoms. The van der Waals surface area contributed by atoms with E-state index < -0.39 is 5.97 Å². The molecule has 0 atom stereocenters. The minimum absolute atomic E-state index is 0.309. The Balaban J connectivity index is 2.13. The lowest BCUT2D eigenvalue weighted by Gasteiger charge is -1.99. The number of allylic oxidation sites excluding steroid dienone is 1. The van der Waals surface area contributed by atoms with Gasteiger partial charge in [0.15, 0.2) is 0 Å². The Hall–Kier alpha value is -1.61. The summed E-state index contributed by atoms with van der Waals surface area (Å²) >= 11 is 0. The van der Waals surface area contributed by atoms with Crippen molar-refractivity contribution in [2.24, 2.45) is 0 Å². The Bertz CT molecular complexity index is 407. The van der Waals surface area contributed by atoms with Crippen LogP contribution in [0, 0.1) is 0 Å². The van der Waals surface area contributed by atoms with Crippen LogP contribution in [0.25, 0.3) is 6.08 Å². The van der Waals surface area contributed by atoms with E-state index in [9.17, 15) is 4.79 Å². The number of aromatic carboxylic acids is 1.